The molecule has 16 heavy (non-hydrogen) atoms. The van der Waals surface area contributed by atoms with Gasteiger partial charge >= 0.3 is 0 Å². The molecule has 0 bridgehead atoms. The highest BCUT2D eigenvalue weighted by molar-refractivity contribution is 9.10. The van der Waals surface area contributed by atoms with Crippen LogP contribution in [0, 0.1) is 5.82 Å². The number of nitrogens with one attached hydrogen (secondary N) is 1. The summed E-state index contributed by atoms with van der Waals surface area (Å²) in [7, 11) is 0. The largest absolute Gasteiger partial charge is 0.350 e. The van der Waals surface area contributed by atoms with Gasteiger partial charge in [-0.25, -0.2) is 4.39 Å². The molecule has 1 aromatic rings. The van der Waals surface area contributed by atoms with Crippen molar-refractivity contribution in [1.82, 2.24) is 5.32 Å². The molecule has 0 heterocycles. The summed E-state index contributed by atoms with van der Waals surface area (Å²) in [5.74, 6) is -0.761. The van der Waals surface area contributed by atoms with Crippen LogP contribution in [0.15, 0.2) is 22.7 Å². The smallest absolute Gasteiger partial charge is 0.251 e. The lowest BCUT2D eigenvalue weighted by molar-refractivity contribution is 0.0950. The maximum atomic E-state index is 13.2. The Morgan fingerprint density at radius 3 is 2.88 bits per heavy atom. The molecule has 1 aromatic carbocycles. The third-order valence-electron chi connectivity index (χ3n) is 2.23. The maximum absolute atomic E-state index is 13.2. The van der Waals surface area contributed by atoms with Crippen molar-refractivity contribution in [3.05, 3.63) is 34.1 Å². The van der Waals surface area contributed by atoms with E-state index in [1.807, 2.05) is 6.92 Å². The zero-order valence-electron chi connectivity index (χ0n) is 8.97. The van der Waals surface area contributed by atoms with Gasteiger partial charge in [0.25, 0.3) is 5.91 Å². The van der Waals surface area contributed by atoms with Gasteiger partial charge in [0, 0.05) is 18.2 Å². The van der Waals surface area contributed by atoms with Crippen LogP contribution in [0.5, 0.6) is 0 Å². The lowest BCUT2D eigenvalue weighted by Crippen LogP contribution is -2.36. The van der Waals surface area contributed by atoms with Crippen molar-refractivity contribution in [3.63, 3.8) is 0 Å². The fraction of sp³-hybridized carbons (Fsp3) is 0.364. The van der Waals surface area contributed by atoms with E-state index in [1.54, 1.807) is 6.07 Å². The number of rotatable bonds is 4. The summed E-state index contributed by atoms with van der Waals surface area (Å²) >= 11 is 3.03. The number of amides is 1. The summed E-state index contributed by atoms with van der Waals surface area (Å²) in [6.45, 7) is 2.34. The quantitative estimate of drug-likeness (QED) is 0.891. The number of carbonyl (C=O) groups is 1. The van der Waals surface area contributed by atoms with Gasteiger partial charge in [-0.2, -0.15) is 0 Å². The standard InChI is InChI=1S/C11H14BrFN2O/c1-2-8(14)6-15-11(16)7-3-4-9(12)10(13)5-7/h3-5,8H,2,6,14H2,1H3,(H,15,16). The van der Waals surface area contributed by atoms with Crippen molar-refractivity contribution < 1.29 is 9.18 Å². The van der Waals surface area contributed by atoms with Crippen molar-refractivity contribution in [1.29, 1.82) is 0 Å². The molecule has 88 valence electrons. The minimum absolute atomic E-state index is 0.0655. The molecule has 0 aliphatic rings. The Labute approximate surface area is 102 Å². The Morgan fingerprint density at radius 1 is 1.62 bits per heavy atom. The van der Waals surface area contributed by atoms with E-state index in [-0.39, 0.29) is 11.9 Å². The molecule has 1 atom stereocenters. The second-order valence-electron chi connectivity index (χ2n) is 3.51. The number of hydrogen-bond donors (Lipinski definition) is 2. The second-order valence-corrected chi connectivity index (χ2v) is 4.36. The van der Waals surface area contributed by atoms with E-state index >= 15 is 0 Å². The third-order valence-corrected chi connectivity index (χ3v) is 2.87. The average Bonchev–Trinajstić information content (AvgIpc) is 2.29. The zero-order chi connectivity index (χ0) is 12.1. The van der Waals surface area contributed by atoms with E-state index < -0.39 is 5.82 Å². The van der Waals surface area contributed by atoms with Crippen molar-refractivity contribution in [2.75, 3.05) is 6.54 Å². The molecule has 0 radical (unpaired) electrons. The average molecular weight is 289 g/mol. The van der Waals surface area contributed by atoms with Crippen molar-refractivity contribution in [2.45, 2.75) is 19.4 Å². The predicted octanol–water partition coefficient (Wildman–Crippen LogP) is 2.06. The van der Waals surface area contributed by atoms with Crippen molar-refractivity contribution in [2.24, 2.45) is 5.73 Å². The molecule has 1 rings (SSSR count). The Balaban J connectivity index is 2.63. The lowest BCUT2D eigenvalue weighted by Gasteiger charge is -2.10. The second kappa shape index (κ2) is 5.96. The number of carbonyl (C=O) groups excluding carboxylic acids is 1. The molecule has 0 saturated heterocycles. The molecule has 3 N–H and O–H groups in total. The Hall–Kier alpha value is -0.940. The third kappa shape index (κ3) is 3.57. The number of nitrogens with two attached hydrogens (primary N) is 1. The van der Waals surface area contributed by atoms with Crippen LogP contribution in [0.4, 0.5) is 4.39 Å². The van der Waals surface area contributed by atoms with Crippen LogP contribution in [0.1, 0.15) is 23.7 Å². The lowest BCUT2D eigenvalue weighted by atomic mass is 10.2. The minimum atomic E-state index is -0.451. The molecule has 3 nitrogen and oxygen atoms in total. The fourth-order valence-corrected chi connectivity index (χ4v) is 1.35. The monoisotopic (exact) mass is 288 g/mol. The van der Waals surface area contributed by atoms with E-state index in [2.05, 4.69) is 21.2 Å². The molecule has 0 spiro atoms. The SMILES string of the molecule is CCC(N)CNC(=O)c1ccc(Br)c(F)c1. The zero-order valence-corrected chi connectivity index (χ0v) is 10.6. The molecule has 5 heteroatoms. The summed E-state index contributed by atoms with van der Waals surface area (Å²) in [5.41, 5.74) is 5.95. The van der Waals surface area contributed by atoms with Gasteiger partial charge in [0.15, 0.2) is 0 Å². The van der Waals surface area contributed by atoms with Gasteiger partial charge in [0.1, 0.15) is 5.82 Å². The van der Waals surface area contributed by atoms with Gasteiger partial charge in [0.2, 0.25) is 0 Å². The Bertz CT molecular complexity index is 384. The summed E-state index contributed by atoms with van der Waals surface area (Å²) in [6, 6.07) is 4.19. The molecule has 0 aliphatic carbocycles. The highest BCUT2D eigenvalue weighted by Crippen LogP contribution is 2.16. The number of hydrogen-bond acceptors (Lipinski definition) is 2. The van der Waals surface area contributed by atoms with Crippen LogP contribution in [0.2, 0.25) is 0 Å². The van der Waals surface area contributed by atoms with Crippen LogP contribution in [0.3, 0.4) is 0 Å². The summed E-state index contributed by atoms with van der Waals surface area (Å²) in [5, 5.41) is 2.65. The topological polar surface area (TPSA) is 55.1 Å². The van der Waals surface area contributed by atoms with Crippen LogP contribution >= 0.6 is 15.9 Å². The Morgan fingerprint density at radius 2 is 2.31 bits per heavy atom. The molecular formula is C11H14BrFN2O. The van der Waals surface area contributed by atoms with Crippen molar-refractivity contribution in [3.8, 4) is 0 Å². The first-order valence-electron chi connectivity index (χ1n) is 5.03. The summed E-state index contributed by atoms with van der Waals surface area (Å²) < 4.78 is 13.5. The van der Waals surface area contributed by atoms with Crippen LogP contribution in [0.25, 0.3) is 0 Å². The van der Waals surface area contributed by atoms with Crippen LogP contribution in [-0.2, 0) is 0 Å². The van der Waals surface area contributed by atoms with Gasteiger partial charge in [-0.05, 0) is 40.5 Å². The van der Waals surface area contributed by atoms with E-state index in [0.717, 1.165) is 6.42 Å². The molecule has 1 amide bonds. The van der Waals surface area contributed by atoms with E-state index in [4.69, 9.17) is 5.73 Å². The first-order valence-corrected chi connectivity index (χ1v) is 5.82. The van der Waals surface area contributed by atoms with Crippen LogP contribution in [-0.4, -0.2) is 18.5 Å². The molecule has 0 fully saturated rings. The summed E-state index contributed by atoms with van der Waals surface area (Å²) in [6.07, 6.45) is 0.787. The van der Waals surface area contributed by atoms with Gasteiger partial charge < -0.3 is 11.1 Å². The van der Waals surface area contributed by atoms with E-state index in [9.17, 15) is 9.18 Å². The number of benzene rings is 1. The van der Waals surface area contributed by atoms with Gasteiger partial charge in [-0.3, -0.25) is 4.79 Å². The van der Waals surface area contributed by atoms with Gasteiger partial charge in [-0.15, -0.1) is 0 Å². The van der Waals surface area contributed by atoms with Gasteiger partial charge in [0.05, 0.1) is 4.47 Å². The highest BCUT2D eigenvalue weighted by Gasteiger charge is 2.09. The van der Waals surface area contributed by atoms with Crippen LogP contribution < -0.4 is 11.1 Å². The predicted molar refractivity (Wildman–Crippen MR) is 64.7 cm³/mol. The summed E-state index contributed by atoms with van der Waals surface area (Å²) in [4.78, 5) is 11.6. The molecular weight excluding hydrogens is 275 g/mol. The van der Waals surface area contributed by atoms with E-state index in [0.29, 0.717) is 16.6 Å². The first kappa shape index (κ1) is 13.1. The number of halogens is 2. The fourth-order valence-electron chi connectivity index (χ4n) is 1.11. The van der Waals surface area contributed by atoms with Crippen molar-refractivity contribution >= 4 is 21.8 Å². The first-order chi connectivity index (χ1) is 7.54. The maximum Gasteiger partial charge on any atom is 0.251 e. The molecule has 1 unspecified atom stereocenters. The molecule has 0 saturated carbocycles. The Kier molecular flexibility index (Phi) is 4.89. The molecule has 0 aliphatic heterocycles. The van der Waals surface area contributed by atoms with E-state index in [1.165, 1.54) is 12.1 Å². The minimum Gasteiger partial charge on any atom is -0.350 e. The van der Waals surface area contributed by atoms with Gasteiger partial charge in [-0.1, -0.05) is 6.92 Å². The normalized spacial score (nSPS) is 12.2. The molecule has 0 aromatic heterocycles. The highest BCUT2D eigenvalue weighted by atomic mass is 79.9.